The van der Waals surface area contributed by atoms with E-state index in [0.717, 1.165) is 51.4 Å². The molecule has 0 N–H and O–H groups in total. The molecule has 1 spiro atoms. The first-order chi connectivity index (χ1) is 14.1. The Balaban J connectivity index is 1.33. The number of fused-ring (bicyclic) bond motifs is 3. The van der Waals surface area contributed by atoms with Crippen LogP contribution in [-0.2, 0) is 18.6 Å². The summed E-state index contributed by atoms with van der Waals surface area (Å²) < 4.78 is 25.5. The fraction of sp³-hybridized carbons (Fsp3) is 0.875. The lowest BCUT2D eigenvalue weighted by Gasteiger charge is -2.52. The predicted octanol–water partition coefficient (Wildman–Crippen LogP) is 4.69. The topological polar surface area (TPSA) is 64.0 Å². The van der Waals surface area contributed by atoms with Crippen molar-refractivity contribution in [2.45, 2.75) is 101 Å². The van der Waals surface area contributed by atoms with Gasteiger partial charge in [-0.3, -0.25) is 0 Å². The fourth-order valence-electron chi connectivity index (χ4n) is 8.23. The highest BCUT2D eigenvalue weighted by molar-refractivity contribution is 6.69. The van der Waals surface area contributed by atoms with E-state index in [4.69, 9.17) is 18.6 Å². The van der Waals surface area contributed by atoms with Gasteiger partial charge in [-0.2, -0.15) is 5.26 Å². The van der Waals surface area contributed by atoms with Gasteiger partial charge < -0.3 is 18.6 Å². The van der Waals surface area contributed by atoms with Crippen LogP contribution < -0.4 is 0 Å². The van der Waals surface area contributed by atoms with Crippen molar-refractivity contribution < 1.29 is 18.6 Å². The van der Waals surface area contributed by atoms with Crippen LogP contribution in [0.4, 0.5) is 0 Å². The number of hydrogen-bond donors (Lipinski definition) is 0. The van der Waals surface area contributed by atoms with Crippen molar-refractivity contribution in [1.82, 2.24) is 0 Å². The van der Waals surface area contributed by atoms with Gasteiger partial charge in [0.1, 0.15) is 16.8 Å². The Bertz CT molecular complexity index is 854. The maximum atomic E-state index is 10.3. The molecule has 0 amide bonds. The third-order valence-corrected chi connectivity index (χ3v) is 10.4. The summed E-state index contributed by atoms with van der Waals surface area (Å²) in [5, 5.41) is 10.3. The minimum absolute atomic E-state index is 0.0780. The van der Waals surface area contributed by atoms with Gasteiger partial charge in [0.05, 0.1) is 19.3 Å². The third-order valence-electron chi connectivity index (χ3n) is 9.46. The van der Waals surface area contributed by atoms with E-state index in [0.29, 0.717) is 25.0 Å². The fourth-order valence-corrected chi connectivity index (χ4v) is 9.65. The van der Waals surface area contributed by atoms with Crippen LogP contribution in [-0.4, -0.2) is 44.1 Å². The minimum atomic E-state index is -1.83. The van der Waals surface area contributed by atoms with E-state index in [9.17, 15) is 5.26 Å². The second-order valence-electron chi connectivity index (χ2n) is 11.9. The van der Waals surface area contributed by atoms with Gasteiger partial charge in [-0.15, -0.1) is 0 Å². The summed E-state index contributed by atoms with van der Waals surface area (Å²) in [7, 11) is -1.83. The first kappa shape index (κ1) is 19.9. The molecule has 0 aromatic heterocycles. The van der Waals surface area contributed by atoms with Gasteiger partial charge in [-0.25, -0.2) is 0 Å². The van der Waals surface area contributed by atoms with Crippen molar-refractivity contribution >= 4 is 8.32 Å². The van der Waals surface area contributed by atoms with E-state index < -0.39 is 19.7 Å². The molecule has 0 bridgehead atoms. The van der Waals surface area contributed by atoms with Crippen LogP contribution in [0.25, 0.3) is 0 Å². The molecule has 164 valence electrons. The van der Waals surface area contributed by atoms with Gasteiger partial charge >= 0.3 is 0 Å². The maximum Gasteiger partial charge on any atom is 0.185 e. The Morgan fingerprint density at radius 3 is 2.57 bits per heavy atom. The zero-order valence-electron chi connectivity index (χ0n) is 18.9. The zero-order chi connectivity index (χ0) is 21.0. The van der Waals surface area contributed by atoms with E-state index in [2.05, 4.69) is 38.7 Å². The van der Waals surface area contributed by atoms with Crippen LogP contribution in [0.2, 0.25) is 19.6 Å². The third kappa shape index (κ3) is 2.31. The summed E-state index contributed by atoms with van der Waals surface area (Å²) in [6.07, 6.45) is 10.4. The lowest BCUT2D eigenvalue weighted by atomic mass is 9.53. The molecule has 0 aromatic carbocycles. The number of rotatable bonds is 2. The molecular weight excluding hydrogens is 394 g/mol. The monoisotopic (exact) mass is 429 g/mol. The van der Waals surface area contributed by atoms with Crippen LogP contribution in [0.3, 0.4) is 0 Å². The zero-order valence-corrected chi connectivity index (χ0v) is 19.9. The number of epoxide rings is 1. The van der Waals surface area contributed by atoms with Crippen molar-refractivity contribution in [1.29, 1.82) is 5.26 Å². The van der Waals surface area contributed by atoms with Crippen molar-refractivity contribution in [3.05, 3.63) is 11.6 Å². The molecule has 2 saturated heterocycles. The molecule has 5 fully saturated rings. The first-order valence-corrected chi connectivity index (χ1v) is 15.3. The molecule has 2 heterocycles. The van der Waals surface area contributed by atoms with E-state index in [-0.39, 0.29) is 16.6 Å². The number of nitriles is 1. The van der Waals surface area contributed by atoms with Crippen molar-refractivity contribution in [3.63, 3.8) is 0 Å². The molecular formula is C24H35NO4Si. The van der Waals surface area contributed by atoms with Crippen LogP contribution in [0.15, 0.2) is 11.6 Å². The van der Waals surface area contributed by atoms with Crippen LogP contribution in [0.1, 0.15) is 58.3 Å². The van der Waals surface area contributed by atoms with Gasteiger partial charge in [0.25, 0.3) is 0 Å². The minimum Gasteiger partial charge on any atom is -0.399 e. The second-order valence-corrected chi connectivity index (χ2v) is 16.4. The molecule has 6 heteroatoms. The van der Waals surface area contributed by atoms with Crippen LogP contribution >= 0.6 is 0 Å². The average Bonchev–Trinajstić information content (AvgIpc) is 3.01. The van der Waals surface area contributed by atoms with Crippen molar-refractivity contribution in [3.8, 4) is 6.07 Å². The molecule has 3 saturated carbocycles. The van der Waals surface area contributed by atoms with Gasteiger partial charge in [0.2, 0.25) is 0 Å². The molecule has 6 atom stereocenters. The molecule has 30 heavy (non-hydrogen) atoms. The summed E-state index contributed by atoms with van der Waals surface area (Å²) in [6, 6.07) is 2.70. The Morgan fingerprint density at radius 1 is 1.10 bits per heavy atom. The molecule has 3 unspecified atom stereocenters. The van der Waals surface area contributed by atoms with Crippen LogP contribution in [0, 0.1) is 28.6 Å². The average molecular weight is 430 g/mol. The summed E-state index contributed by atoms with van der Waals surface area (Å²) in [5.41, 5.74) is 0.643. The standard InChI is InChI=1S/C24H35NO4Si/c1-20-8-6-19-17(18(20)7-10-22(20,16-25)29-30(2,3)4)5-9-21-15-23(26-13-14-27-23)11-12-24(19,21)28-21/h6,17-18H,5,7-15H2,1-4H3/t17-,18-,20-,21?,22?,24?/m0/s1. The largest absolute Gasteiger partial charge is 0.399 e. The van der Waals surface area contributed by atoms with Crippen molar-refractivity contribution in [2.24, 2.45) is 17.3 Å². The molecule has 6 aliphatic rings. The van der Waals surface area contributed by atoms with Gasteiger partial charge in [-0.05, 0) is 75.6 Å². The molecule has 0 radical (unpaired) electrons. The van der Waals surface area contributed by atoms with Crippen molar-refractivity contribution in [2.75, 3.05) is 13.2 Å². The predicted molar refractivity (Wildman–Crippen MR) is 114 cm³/mol. The van der Waals surface area contributed by atoms with Gasteiger partial charge in [0, 0.05) is 18.3 Å². The number of allylic oxidation sites excluding steroid dienone is 1. The maximum absolute atomic E-state index is 10.3. The van der Waals surface area contributed by atoms with E-state index >= 15 is 0 Å². The Morgan fingerprint density at radius 2 is 1.87 bits per heavy atom. The second kappa shape index (κ2) is 5.79. The Kier molecular flexibility index (Phi) is 3.85. The summed E-state index contributed by atoms with van der Waals surface area (Å²) in [6.45, 7) is 10.4. The summed E-state index contributed by atoms with van der Waals surface area (Å²) in [4.78, 5) is 0. The van der Waals surface area contributed by atoms with Gasteiger partial charge in [-0.1, -0.05) is 13.0 Å². The summed E-state index contributed by atoms with van der Waals surface area (Å²) in [5.74, 6) is 0.643. The smallest absolute Gasteiger partial charge is 0.185 e. The Hall–Kier alpha value is -0.713. The SMILES string of the molecule is C[C@]12CC=C3[C@@H](CCC45CC6(CCC34O5)OCCO6)[C@@H]1CCC2(C#N)O[Si](C)(C)C. The first-order valence-electron chi connectivity index (χ1n) is 11.9. The molecule has 0 aromatic rings. The number of ether oxygens (including phenoxy) is 3. The van der Waals surface area contributed by atoms with E-state index in [1.807, 2.05) is 0 Å². The van der Waals surface area contributed by atoms with Crippen LogP contribution in [0.5, 0.6) is 0 Å². The summed E-state index contributed by atoms with van der Waals surface area (Å²) >= 11 is 0. The lowest BCUT2D eigenvalue weighted by Crippen LogP contribution is -2.56. The number of nitrogens with zero attached hydrogens (tertiary/aromatic N) is 1. The normalized spacial score (nSPS) is 50.7. The highest BCUT2D eigenvalue weighted by atomic mass is 28.4. The lowest BCUT2D eigenvalue weighted by molar-refractivity contribution is -0.185. The molecule has 2 aliphatic heterocycles. The number of hydrogen-bond acceptors (Lipinski definition) is 5. The Labute approximate surface area is 181 Å². The molecule has 5 nitrogen and oxygen atoms in total. The highest BCUT2D eigenvalue weighted by Crippen LogP contribution is 2.74. The van der Waals surface area contributed by atoms with E-state index in [1.54, 1.807) is 5.57 Å². The van der Waals surface area contributed by atoms with Gasteiger partial charge in [0.15, 0.2) is 14.1 Å². The quantitative estimate of drug-likeness (QED) is 0.362. The molecule has 6 rings (SSSR count). The highest BCUT2D eigenvalue weighted by Gasteiger charge is 2.79. The molecule has 4 aliphatic carbocycles. The van der Waals surface area contributed by atoms with E-state index in [1.165, 1.54) is 0 Å².